The van der Waals surface area contributed by atoms with E-state index in [0.29, 0.717) is 18.0 Å². The molecular weight excluding hydrogens is 216 g/mol. The number of amides is 1. The van der Waals surface area contributed by atoms with Crippen LogP contribution in [0.3, 0.4) is 0 Å². The van der Waals surface area contributed by atoms with Crippen molar-refractivity contribution in [2.45, 2.75) is 6.42 Å². The second-order valence-electron chi connectivity index (χ2n) is 2.68. The van der Waals surface area contributed by atoms with Gasteiger partial charge in [0.05, 0.1) is 5.01 Å². The highest BCUT2D eigenvalue weighted by Crippen LogP contribution is 2.09. The second-order valence-corrected chi connectivity index (χ2v) is 3.62. The molecule has 1 heterocycles. The van der Waals surface area contributed by atoms with Gasteiger partial charge in [0.1, 0.15) is 0 Å². The molecule has 1 aromatic heterocycles. The quantitative estimate of drug-likeness (QED) is 0.724. The Balaban J connectivity index is 2.41. The van der Waals surface area contributed by atoms with Gasteiger partial charge in [-0.05, 0) is 6.08 Å². The Kier molecular flexibility index (Phi) is 3.99. The molecule has 0 aliphatic rings. The highest BCUT2D eigenvalue weighted by molar-refractivity contribution is 7.09. The molecule has 0 saturated heterocycles. The van der Waals surface area contributed by atoms with Gasteiger partial charge in [0.2, 0.25) is 5.91 Å². The maximum atomic E-state index is 10.8. The summed E-state index contributed by atoms with van der Waals surface area (Å²) in [5, 5.41) is 13.4. The van der Waals surface area contributed by atoms with Gasteiger partial charge in [-0.2, -0.15) is 0 Å². The van der Waals surface area contributed by atoms with Crippen LogP contribution in [0.5, 0.6) is 0 Å². The third kappa shape index (κ3) is 3.51. The number of carboxylic acids is 1. The molecule has 5 nitrogen and oxygen atoms in total. The summed E-state index contributed by atoms with van der Waals surface area (Å²) in [6.45, 7) is 3.74. The van der Waals surface area contributed by atoms with Crippen LogP contribution >= 0.6 is 11.3 Å². The predicted molar refractivity (Wildman–Crippen MR) is 56.0 cm³/mol. The van der Waals surface area contributed by atoms with E-state index >= 15 is 0 Å². The fourth-order valence-electron chi connectivity index (χ4n) is 0.889. The molecule has 1 amide bonds. The third-order valence-corrected chi connectivity index (χ3v) is 2.50. The summed E-state index contributed by atoms with van der Waals surface area (Å²) in [5.74, 6) is -1.28. The van der Waals surface area contributed by atoms with E-state index in [9.17, 15) is 9.59 Å². The maximum Gasteiger partial charge on any atom is 0.355 e. The van der Waals surface area contributed by atoms with Crippen molar-refractivity contribution >= 4 is 23.2 Å². The Morgan fingerprint density at radius 2 is 2.40 bits per heavy atom. The molecule has 15 heavy (non-hydrogen) atoms. The molecular formula is C9H10N2O3S. The molecule has 2 N–H and O–H groups in total. The van der Waals surface area contributed by atoms with Crippen LogP contribution in [-0.4, -0.2) is 28.5 Å². The molecule has 0 aliphatic heterocycles. The number of aromatic nitrogens is 1. The number of rotatable bonds is 5. The highest BCUT2D eigenvalue weighted by atomic mass is 32.1. The van der Waals surface area contributed by atoms with E-state index in [-0.39, 0.29) is 11.6 Å². The fraction of sp³-hybridized carbons (Fsp3) is 0.222. The lowest BCUT2D eigenvalue weighted by atomic mass is 10.4. The van der Waals surface area contributed by atoms with Crippen LogP contribution in [0.4, 0.5) is 0 Å². The first-order chi connectivity index (χ1) is 7.13. The van der Waals surface area contributed by atoms with E-state index < -0.39 is 5.97 Å². The average Bonchev–Trinajstić information content (AvgIpc) is 2.66. The minimum atomic E-state index is -1.03. The standard InChI is InChI=1S/C9H10N2O3S/c1-2-7(12)10-4-3-8-11-6(5-15-8)9(13)14/h2,5H,1,3-4H2,(H,10,12)(H,13,14). The van der Waals surface area contributed by atoms with E-state index in [1.54, 1.807) is 0 Å². The van der Waals surface area contributed by atoms with E-state index in [4.69, 9.17) is 5.11 Å². The number of aromatic carboxylic acids is 1. The Hall–Kier alpha value is -1.69. The molecule has 0 saturated carbocycles. The van der Waals surface area contributed by atoms with E-state index in [0.717, 1.165) is 0 Å². The van der Waals surface area contributed by atoms with Crippen LogP contribution in [0.1, 0.15) is 15.5 Å². The van der Waals surface area contributed by atoms with Crippen molar-refractivity contribution in [3.05, 3.63) is 28.7 Å². The van der Waals surface area contributed by atoms with Crippen molar-refractivity contribution in [3.63, 3.8) is 0 Å². The summed E-state index contributed by atoms with van der Waals surface area (Å²) in [5.41, 5.74) is 0.0463. The first kappa shape index (κ1) is 11.4. The van der Waals surface area contributed by atoms with Gasteiger partial charge in [-0.25, -0.2) is 9.78 Å². The smallest absolute Gasteiger partial charge is 0.355 e. The maximum absolute atomic E-state index is 10.8. The monoisotopic (exact) mass is 226 g/mol. The van der Waals surface area contributed by atoms with Crippen molar-refractivity contribution in [1.82, 2.24) is 10.3 Å². The number of thiazole rings is 1. The molecule has 80 valence electrons. The number of nitrogens with zero attached hydrogens (tertiary/aromatic N) is 1. The lowest BCUT2D eigenvalue weighted by Gasteiger charge is -1.98. The van der Waals surface area contributed by atoms with Gasteiger partial charge in [-0.1, -0.05) is 6.58 Å². The fourth-order valence-corrected chi connectivity index (χ4v) is 1.66. The molecule has 0 aromatic carbocycles. The normalized spacial score (nSPS) is 9.60. The zero-order valence-electron chi connectivity index (χ0n) is 7.90. The highest BCUT2D eigenvalue weighted by Gasteiger charge is 2.08. The van der Waals surface area contributed by atoms with Gasteiger partial charge in [-0.15, -0.1) is 11.3 Å². The van der Waals surface area contributed by atoms with Gasteiger partial charge in [-0.3, -0.25) is 4.79 Å². The zero-order chi connectivity index (χ0) is 11.3. The van der Waals surface area contributed by atoms with Gasteiger partial charge in [0, 0.05) is 18.3 Å². The van der Waals surface area contributed by atoms with Crippen LogP contribution in [-0.2, 0) is 11.2 Å². The number of nitrogens with one attached hydrogen (secondary N) is 1. The first-order valence-electron chi connectivity index (χ1n) is 4.21. The van der Waals surface area contributed by atoms with Gasteiger partial charge in [0.15, 0.2) is 5.69 Å². The largest absolute Gasteiger partial charge is 0.476 e. The van der Waals surface area contributed by atoms with Gasteiger partial charge >= 0.3 is 5.97 Å². The predicted octanol–water partition coefficient (Wildman–Crippen LogP) is 0.686. The summed E-state index contributed by atoms with van der Waals surface area (Å²) in [4.78, 5) is 25.2. The van der Waals surface area contributed by atoms with Crippen molar-refractivity contribution in [2.24, 2.45) is 0 Å². The first-order valence-corrected chi connectivity index (χ1v) is 5.09. The third-order valence-electron chi connectivity index (χ3n) is 1.59. The molecule has 0 fully saturated rings. The van der Waals surface area contributed by atoms with Crippen LogP contribution in [0, 0.1) is 0 Å². The number of carbonyl (C=O) groups is 2. The zero-order valence-corrected chi connectivity index (χ0v) is 8.71. The SMILES string of the molecule is C=CC(=O)NCCc1nc(C(=O)O)cs1. The lowest BCUT2D eigenvalue weighted by molar-refractivity contribution is -0.116. The summed E-state index contributed by atoms with van der Waals surface area (Å²) >= 11 is 1.27. The molecule has 1 aromatic rings. The number of hydrogen-bond acceptors (Lipinski definition) is 4. The van der Waals surface area contributed by atoms with Crippen molar-refractivity contribution in [1.29, 1.82) is 0 Å². The molecule has 0 radical (unpaired) electrons. The minimum Gasteiger partial charge on any atom is -0.476 e. The van der Waals surface area contributed by atoms with Crippen LogP contribution in [0.25, 0.3) is 0 Å². The summed E-state index contributed by atoms with van der Waals surface area (Å²) in [7, 11) is 0. The van der Waals surface area contributed by atoms with E-state index in [1.807, 2.05) is 0 Å². The Morgan fingerprint density at radius 3 is 2.93 bits per heavy atom. The van der Waals surface area contributed by atoms with Gasteiger partial charge in [0.25, 0.3) is 0 Å². The summed E-state index contributed by atoms with van der Waals surface area (Å²) < 4.78 is 0. The van der Waals surface area contributed by atoms with Crippen molar-refractivity contribution < 1.29 is 14.7 Å². The summed E-state index contributed by atoms with van der Waals surface area (Å²) in [6, 6.07) is 0. The summed E-state index contributed by atoms with van der Waals surface area (Å²) in [6.07, 6.45) is 1.71. The van der Waals surface area contributed by atoms with Crippen LogP contribution < -0.4 is 5.32 Å². The van der Waals surface area contributed by atoms with Gasteiger partial charge < -0.3 is 10.4 Å². The van der Waals surface area contributed by atoms with Crippen LogP contribution in [0.2, 0.25) is 0 Å². The Labute approximate surface area is 90.5 Å². The van der Waals surface area contributed by atoms with Crippen molar-refractivity contribution in [2.75, 3.05) is 6.54 Å². The Morgan fingerprint density at radius 1 is 1.67 bits per heavy atom. The van der Waals surface area contributed by atoms with E-state index in [1.165, 1.54) is 22.8 Å². The van der Waals surface area contributed by atoms with Crippen LogP contribution in [0.15, 0.2) is 18.0 Å². The number of carboxylic acid groups (broad SMARTS) is 1. The number of carbonyl (C=O) groups excluding carboxylic acids is 1. The molecule has 0 bridgehead atoms. The lowest BCUT2D eigenvalue weighted by Crippen LogP contribution is -2.23. The molecule has 6 heteroatoms. The minimum absolute atomic E-state index is 0.0463. The topological polar surface area (TPSA) is 79.3 Å². The molecule has 0 aliphatic carbocycles. The Bertz CT molecular complexity index is 386. The number of hydrogen-bond donors (Lipinski definition) is 2. The average molecular weight is 226 g/mol. The molecule has 0 spiro atoms. The molecule has 1 rings (SSSR count). The van der Waals surface area contributed by atoms with Crippen molar-refractivity contribution in [3.8, 4) is 0 Å². The van der Waals surface area contributed by atoms with E-state index in [2.05, 4.69) is 16.9 Å². The molecule has 0 atom stereocenters. The second kappa shape index (κ2) is 5.26. The molecule has 0 unspecified atom stereocenters.